The molecule has 0 N–H and O–H groups in total. The minimum atomic E-state index is 0.0485. The summed E-state index contributed by atoms with van der Waals surface area (Å²) in [5.74, 6) is 0.189. The standard InChI is InChI=1S/C15H17BrO2/c1-8-4-14(16)15(10(3)9(8)2)11-5-12(17)7-13(18)6-11/h4,11H,5-7H2,1-3H3. The topological polar surface area (TPSA) is 34.1 Å². The summed E-state index contributed by atoms with van der Waals surface area (Å²) in [5, 5.41) is 0. The Morgan fingerprint density at radius 2 is 1.61 bits per heavy atom. The van der Waals surface area contributed by atoms with Crippen LogP contribution in [0.2, 0.25) is 0 Å². The van der Waals surface area contributed by atoms with Crippen LogP contribution in [0.3, 0.4) is 0 Å². The van der Waals surface area contributed by atoms with Gasteiger partial charge in [0.1, 0.15) is 11.6 Å². The summed E-state index contributed by atoms with van der Waals surface area (Å²) in [7, 11) is 0. The Balaban J connectivity index is 2.48. The number of ketones is 2. The van der Waals surface area contributed by atoms with E-state index in [1.165, 1.54) is 16.7 Å². The SMILES string of the molecule is Cc1cc(Br)c(C2CC(=O)CC(=O)C2)c(C)c1C. The first-order valence-corrected chi connectivity index (χ1v) is 6.99. The smallest absolute Gasteiger partial charge is 0.140 e. The number of aryl methyl sites for hydroxylation is 1. The van der Waals surface area contributed by atoms with Gasteiger partial charge in [0.2, 0.25) is 0 Å². The van der Waals surface area contributed by atoms with Crippen LogP contribution in [0, 0.1) is 20.8 Å². The van der Waals surface area contributed by atoms with E-state index in [1.807, 2.05) is 0 Å². The highest BCUT2D eigenvalue weighted by Gasteiger charge is 2.29. The van der Waals surface area contributed by atoms with Gasteiger partial charge >= 0.3 is 0 Å². The zero-order chi connectivity index (χ0) is 13.4. The summed E-state index contributed by atoms with van der Waals surface area (Å²) < 4.78 is 1.02. The predicted molar refractivity (Wildman–Crippen MR) is 75.0 cm³/mol. The number of hydrogen-bond donors (Lipinski definition) is 0. The molecule has 1 aromatic carbocycles. The number of hydrogen-bond acceptors (Lipinski definition) is 2. The zero-order valence-electron chi connectivity index (χ0n) is 11.0. The Morgan fingerprint density at radius 3 is 2.17 bits per heavy atom. The normalized spacial score (nSPS) is 17.3. The van der Waals surface area contributed by atoms with E-state index in [0.29, 0.717) is 12.8 Å². The summed E-state index contributed by atoms with van der Waals surface area (Å²) in [6.07, 6.45) is 1.11. The van der Waals surface area contributed by atoms with E-state index in [0.717, 1.165) is 10.0 Å². The van der Waals surface area contributed by atoms with Crippen LogP contribution >= 0.6 is 15.9 Å². The first kappa shape index (κ1) is 13.5. The molecule has 1 fully saturated rings. The second-order valence-electron chi connectivity index (χ2n) is 5.20. The third-order valence-electron chi connectivity index (χ3n) is 3.91. The van der Waals surface area contributed by atoms with Crippen molar-refractivity contribution in [1.82, 2.24) is 0 Å². The van der Waals surface area contributed by atoms with E-state index in [1.54, 1.807) is 0 Å². The molecule has 1 aliphatic carbocycles. The highest BCUT2D eigenvalue weighted by Crippen LogP contribution is 2.38. The largest absolute Gasteiger partial charge is 0.299 e. The number of carbonyl (C=O) groups is 2. The maximum absolute atomic E-state index is 11.6. The first-order valence-electron chi connectivity index (χ1n) is 6.19. The van der Waals surface area contributed by atoms with Crippen molar-refractivity contribution in [3.05, 3.63) is 32.8 Å². The summed E-state index contributed by atoms with van der Waals surface area (Å²) in [6, 6.07) is 2.08. The van der Waals surface area contributed by atoms with Gasteiger partial charge in [0.15, 0.2) is 0 Å². The lowest BCUT2D eigenvalue weighted by molar-refractivity contribution is -0.130. The van der Waals surface area contributed by atoms with Crippen LogP contribution in [-0.4, -0.2) is 11.6 Å². The van der Waals surface area contributed by atoms with Gasteiger partial charge < -0.3 is 0 Å². The Labute approximate surface area is 116 Å². The number of benzene rings is 1. The van der Waals surface area contributed by atoms with E-state index in [-0.39, 0.29) is 23.9 Å². The zero-order valence-corrected chi connectivity index (χ0v) is 12.6. The molecular weight excluding hydrogens is 292 g/mol. The Hall–Kier alpha value is -0.960. The van der Waals surface area contributed by atoms with Crippen molar-refractivity contribution in [3.8, 4) is 0 Å². The molecule has 18 heavy (non-hydrogen) atoms. The molecule has 0 aromatic heterocycles. The lowest BCUT2D eigenvalue weighted by Crippen LogP contribution is -2.22. The highest BCUT2D eigenvalue weighted by molar-refractivity contribution is 9.10. The molecule has 0 amide bonds. The molecule has 0 radical (unpaired) electrons. The molecule has 0 saturated heterocycles. The second kappa shape index (κ2) is 4.96. The fourth-order valence-corrected chi connectivity index (χ4v) is 3.71. The molecule has 0 unspecified atom stereocenters. The molecule has 2 nitrogen and oxygen atoms in total. The fourth-order valence-electron chi connectivity index (χ4n) is 2.74. The average Bonchev–Trinajstić information content (AvgIpc) is 2.24. The van der Waals surface area contributed by atoms with E-state index >= 15 is 0 Å². The average molecular weight is 309 g/mol. The van der Waals surface area contributed by atoms with Gasteiger partial charge in [-0.1, -0.05) is 15.9 Å². The molecule has 0 spiro atoms. The van der Waals surface area contributed by atoms with Gasteiger partial charge in [-0.25, -0.2) is 0 Å². The minimum absolute atomic E-state index is 0.0485. The molecule has 0 aliphatic heterocycles. The highest BCUT2D eigenvalue weighted by atomic mass is 79.9. The first-order chi connectivity index (χ1) is 8.40. The molecule has 0 bridgehead atoms. The summed E-state index contributed by atoms with van der Waals surface area (Å²) in [5.41, 5.74) is 4.82. The Kier molecular flexibility index (Phi) is 3.71. The lowest BCUT2D eigenvalue weighted by Gasteiger charge is -2.25. The lowest BCUT2D eigenvalue weighted by atomic mass is 9.80. The van der Waals surface area contributed by atoms with Crippen molar-refractivity contribution < 1.29 is 9.59 Å². The van der Waals surface area contributed by atoms with Crippen molar-refractivity contribution >= 4 is 27.5 Å². The second-order valence-corrected chi connectivity index (χ2v) is 6.05. The van der Waals surface area contributed by atoms with E-state index < -0.39 is 0 Å². The van der Waals surface area contributed by atoms with Crippen LogP contribution in [0.5, 0.6) is 0 Å². The summed E-state index contributed by atoms with van der Waals surface area (Å²) >= 11 is 3.58. The van der Waals surface area contributed by atoms with Gasteiger partial charge in [-0.3, -0.25) is 9.59 Å². The quantitative estimate of drug-likeness (QED) is 0.740. The van der Waals surface area contributed by atoms with E-state index in [4.69, 9.17) is 0 Å². The van der Waals surface area contributed by atoms with Crippen LogP contribution in [0.15, 0.2) is 10.5 Å². The van der Waals surface area contributed by atoms with Gasteiger partial charge in [-0.15, -0.1) is 0 Å². The minimum Gasteiger partial charge on any atom is -0.299 e. The third-order valence-corrected chi connectivity index (χ3v) is 4.57. The van der Waals surface area contributed by atoms with Gasteiger partial charge in [0.05, 0.1) is 6.42 Å². The monoisotopic (exact) mass is 308 g/mol. The molecule has 3 heteroatoms. The number of halogens is 1. The van der Waals surface area contributed by atoms with Gasteiger partial charge in [-0.2, -0.15) is 0 Å². The van der Waals surface area contributed by atoms with Crippen LogP contribution in [0.25, 0.3) is 0 Å². The van der Waals surface area contributed by atoms with Crippen molar-refractivity contribution in [2.24, 2.45) is 0 Å². The Morgan fingerprint density at radius 1 is 1.06 bits per heavy atom. The molecule has 96 valence electrons. The summed E-state index contributed by atoms with van der Waals surface area (Å²) in [4.78, 5) is 23.2. The van der Waals surface area contributed by atoms with Crippen molar-refractivity contribution in [1.29, 1.82) is 0 Å². The molecule has 1 aromatic rings. The van der Waals surface area contributed by atoms with Gasteiger partial charge in [0.25, 0.3) is 0 Å². The maximum Gasteiger partial charge on any atom is 0.140 e. The van der Waals surface area contributed by atoms with E-state index in [9.17, 15) is 9.59 Å². The van der Waals surface area contributed by atoms with Crippen molar-refractivity contribution in [3.63, 3.8) is 0 Å². The van der Waals surface area contributed by atoms with E-state index in [2.05, 4.69) is 42.8 Å². The summed E-state index contributed by atoms with van der Waals surface area (Å²) in [6.45, 7) is 6.24. The molecule has 0 atom stereocenters. The van der Waals surface area contributed by atoms with Gasteiger partial charge in [-0.05, 0) is 55.0 Å². The molecule has 2 rings (SSSR count). The molecule has 0 heterocycles. The van der Waals surface area contributed by atoms with Crippen molar-refractivity contribution in [2.45, 2.75) is 46.0 Å². The third kappa shape index (κ3) is 2.41. The van der Waals surface area contributed by atoms with Crippen LogP contribution in [-0.2, 0) is 9.59 Å². The van der Waals surface area contributed by atoms with Gasteiger partial charge in [0, 0.05) is 17.3 Å². The number of carbonyl (C=O) groups excluding carboxylic acids is 2. The molecular formula is C15H17BrO2. The predicted octanol–water partition coefficient (Wildman–Crippen LogP) is 3.78. The van der Waals surface area contributed by atoms with Crippen LogP contribution in [0.1, 0.15) is 47.4 Å². The van der Waals surface area contributed by atoms with Crippen molar-refractivity contribution in [2.75, 3.05) is 0 Å². The van der Waals surface area contributed by atoms with Crippen LogP contribution < -0.4 is 0 Å². The van der Waals surface area contributed by atoms with Crippen LogP contribution in [0.4, 0.5) is 0 Å². The number of rotatable bonds is 1. The molecule has 1 aliphatic rings. The number of Topliss-reactive ketones (excluding diaryl/α,β-unsaturated/α-hetero) is 2. The fraction of sp³-hybridized carbons (Fsp3) is 0.467. The molecule has 1 saturated carbocycles. The Bertz CT molecular complexity index is 516. The maximum atomic E-state index is 11.6.